The van der Waals surface area contributed by atoms with E-state index in [1.165, 1.54) is 18.2 Å². The summed E-state index contributed by atoms with van der Waals surface area (Å²) in [6.45, 7) is 0.00148. The van der Waals surface area contributed by atoms with Crippen molar-refractivity contribution >= 4 is 11.4 Å². The average molecular weight is 282 g/mol. The number of hydrogen-bond donors (Lipinski definition) is 1. The lowest BCUT2D eigenvalue weighted by Crippen LogP contribution is -2.05. The number of anilines is 1. The first-order chi connectivity index (χ1) is 9.47. The molecule has 0 heterocycles. The normalized spacial score (nSPS) is 10.3. The molecule has 0 amide bonds. The second kappa shape index (κ2) is 5.60. The van der Waals surface area contributed by atoms with Crippen LogP contribution >= 0.6 is 0 Å². The number of benzene rings is 2. The molecule has 0 aliphatic heterocycles. The quantitative estimate of drug-likeness (QED) is 0.688. The fourth-order valence-electron chi connectivity index (χ4n) is 1.73. The molecule has 1 N–H and O–H groups in total. The number of rotatable bonds is 4. The second-order valence-electron chi connectivity index (χ2n) is 4.02. The van der Waals surface area contributed by atoms with E-state index < -0.39 is 28.1 Å². The van der Waals surface area contributed by atoms with Crippen LogP contribution in [0.4, 0.5) is 24.5 Å². The maximum atomic E-state index is 13.4. The lowest BCUT2D eigenvalue weighted by molar-refractivity contribution is -0.386. The van der Waals surface area contributed by atoms with E-state index in [1.54, 1.807) is 6.07 Å². The summed E-state index contributed by atoms with van der Waals surface area (Å²) >= 11 is 0. The Morgan fingerprint density at radius 1 is 1.10 bits per heavy atom. The Kier molecular flexibility index (Phi) is 3.88. The topological polar surface area (TPSA) is 55.2 Å². The van der Waals surface area contributed by atoms with Crippen molar-refractivity contribution in [2.24, 2.45) is 0 Å². The first-order valence-electron chi connectivity index (χ1n) is 5.59. The Balaban J connectivity index is 2.27. The van der Waals surface area contributed by atoms with Gasteiger partial charge in [-0.1, -0.05) is 12.1 Å². The third-order valence-corrected chi connectivity index (χ3v) is 2.58. The molecule has 20 heavy (non-hydrogen) atoms. The van der Waals surface area contributed by atoms with Gasteiger partial charge in [-0.15, -0.1) is 0 Å². The molecule has 0 saturated heterocycles. The Morgan fingerprint density at radius 3 is 2.50 bits per heavy atom. The molecule has 0 spiro atoms. The van der Waals surface area contributed by atoms with Crippen LogP contribution in [0, 0.1) is 27.6 Å². The molecule has 2 rings (SSSR count). The summed E-state index contributed by atoms with van der Waals surface area (Å²) in [7, 11) is 0. The molecule has 2 aromatic rings. The minimum Gasteiger partial charge on any atom is -0.375 e. The molecule has 4 nitrogen and oxygen atoms in total. The minimum absolute atomic E-state index is 0.00148. The van der Waals surface area contributed by atoms with E-state index >= 15 is 0 Å². The Hall–Kier alpha value is -2.57. The molecule has 104 valence electrons. The average Bonchev–Trinajstić information content (AvgIpc) is 2.35. The van der Waals surface area contributed by atoms with Gasteiger partial charge in [0.1, 0.15) is 17.3 Å². The number of hydrogen-bond acceptors (Lipinski definition) is 3. The van der Waals surface area contributed by atoms with Crippen LogP contribution in [0.15, 0.2) is 36.4 Å². The van der Waals surface area contributed by atoms with Crippen molar-refractivity contribution in [2.45, 2.75) is 6.54 Å². The zero-order valence-corrected chi connectivity index (χ0v) is 10.1. The first-order valence-corrected chi connectivity index (χ1v) is 5.59. The number of nitrogens with zero attached hydrogens (tertiary/aromatic N) is 1. The number of nitro groups is 1. The smallest absolute Gasteiger partial charge is 0.327 e. The summed E-state index contributed by atoms with van der Waals surface area (Å²) in [5.41, 5.74) is -0.650. The summed E-state index contributed by atoms with van der Waals surface area (Å²) in [5.74, 6) is -2.67. The molecular formula is C13H9F3N2O2. The fraction of sp³-hybridized carbons (Fsp3) is 0.0769. The lowest BCUT2D eigenvalue weighted by Gasteiger charge is -2.08. The molecule has 0 radical (unpaired) electrons. The molecule has 0 aliphatic carbocycles. The van der Waals surface area contributed by atoms with Gasteiger partial charge in [0.2, 0.25) is 5.82 Å². The van der Waals surface area contributed by atoms with Crippen LogP contribution < -0.4 is 5.32 Å². The molecule has 0 bridgehead atoms. The second-order valence-corrected chi connectivity index (χ2v) is 4.02. The SMILES string of the molecule is O=[N+]([O-])c1c(F)cc(F)cc1NCc1cccc(F)c1. The van der Waals surface area contributed by atoms with E-state index in [9.17, 15) is 23.3 Å². The van der Waals surface area contributed by atoms with Crippen molar-refractivity contribution in [1.29, 1.82) is 0 Å². The van der Waals surface area contributed by atoms with Crippen LogP contribution in [0.25, 0.3) is 0 Å². The van der Waals surface area contributed by atoms with Gasteiger partial charge >= 0.3 is 5.69 Å². The van der Waals surface area contributed by atoms with E-state index in [2.05, 4.69) is 5.32 Å². The molecule has 0 fully saturated rings. The highest BCUT2D eigenvalue weighted by Crippen LogP contribution is 2.29. The molecule has 0 saturated carbocycles. The van der Waals surface area contributed by atoms with Gasteiger partial charge in [-0.2, -0.15) is 4.39 Å². The third-order valence-electron chi connectivity index (χ3n) is 2.58. The molecule has 2 aromatic carbocycles. The lowest BCUT2D eigenvalue weighted by atomic mass is 10.2. The maximum absolute atomic E-state index is 13.4. The standard InChI is InChI=1S/C13H9F3N2O2/c14-9-3-1-2-8(4-9)7-17-12-6-10(15)5-11(16)13(12)18(19)20/h1-6,17H,7H2. The molecular weight excluding hydrogens is 273 g/mol. The van der Waals surface area contributed by atoms with Crippen molar-refractivity contribution in [1.82, 2.24) is 0 Å². The first kappa shape index (κ1) is 13.9. The van der Waals surface area contributed by atoms with E-state index in [1.807, 2.05) is 0 Å². The van der Waals surface area contributed by atoms with Gasteiger partial charge in [-0.3, -0.25) is 10.1 Å². The van der Waals surface area contributed by atoms with Crippen LogP contribution in [0.3, 0.4) is 0 Å². The van der Waals surface area contributed by atoms with E-state index in [0.29, 0.717) is 11.6 Å². The largest absolute Gasteiger partial charge is 0.375 e. The van der Waals surface area contributed by atoms with Gasteiger partial charge in [-0.25, -0.2) is 8.78 Å². The van der Waals surface area contributed by atoms with Gasteiger partial charge in [0.05, 0.1) is 4.92 Å². The predicted octanol–water partition coefficient (Wildman–Crippen LogP) is 3.62. The Labute approximate surface area is 112 Å². The molecule has 7 heteroatoms. The minimum atomic E-state index is -1.27. The highest BCUT2D eigenvalue weighted by Gasteiger charge is 2.21. The third kappa shape index (κ3) is 3.05. The number of nitro benzene ring substituents is 1. The molecule has 0 aliphatic rings. The molecule has 0 aromatic heterocycles. The fourth-order valence-corrected chi connectivity index (χ4v) is 1.73. The molecule has 0 atom stereocenters. The van der Waals surface area contributed by atoms with E-state index in [0.717, 1.165) is 6.07 Å². The van der Waals surface area contributed by atoms with Gasteiger partial charge in [-0.05, 0) is 17.7 Å². The van der Waals surface area contributed by atoms with Gasteiger partial charge in [0, 0.05) is 18.7 Å². The van der Waals surface area contributed by atoms with Crippen molar-refractivity contribution in [3.8, 4) is 0 Å². The Morgan fingerprint density at radius 2 is 1.85 bits per heavy atom. The van der Waals surface area contributed by atoms with E-state index in [-0.39, 0.29) is 12.2 Å². The highest BCUT2D eigenvalue weighted by atomic mass is 19.1. The van der Waals surface area contributed by atoms with Gasteiger partial charge < -0.3 is 5.32 Å². The zero-order valence-electron chi connectivity index (χ0n) is 10.1. The summed E-state index contributed by atoms with van der Waals surface area (Å²) < 4.78 is 39.4. The summed E-state index contributed by atoms with van der Waals surface area (Å²) in [6.07, 6.45) is 0. The summed E-state index contributed by atoms with van der Waals surface area (Å²) in [6, 6.07) is 6.76. The van der Waals surface area contributed by atoms with E-state index in [4.69, 9.17) is 0 Å². The summed E-state index contributed by atoms with van der Waals surface area (Å²) in [4.78, 5) is 9.82. The van der Waals surface area contributed by atoms with Crippen LogP contribution in [0.1, 0.15) is 5.56 Å². The van der Waals surface area contributed by atoms with Gasteiger partial charge in [0.15, 0.2) is 0 Å². The van der Waals surface area contributed by atoms with Crippen LogP contribution in [-0.4, -0.2) is 4.92 Å². The van der Waals surface area contributed by atoms with Crippen molar-refractivity contribution in [2.75, 3.05) is 5.32 Å². The van der Waals surface area contributed by atoms with Crippen LogP contribution in [0.5, 0.6) is 0 Å². The maximum Gasteiger partial charge on any atom is 0.327 e. The number of halogens is 3. The highest BCUT2D eigenvalue weighted by molar-refractivity contribution is 5.62. The van der Waals surface area contributed by atoms with Crippen LogP contribution in [0.2, 0.25) is 0 Å². The summed E-state index contributed by atoms with van der Waals surface area (Å²) in [5, 5.41) is 13.3. The number of nitrogens with one attached hydrogen (secondary N) is 1. The van der Waals surface area contributed by atoms with Crippen molar-refractivity contribution in [3.05, 3.63) is 69.5 Å². The zero-order chi connectivity index (χ0) is 14.7. The van der Waals surface area contributed by atoms with Crippen molar-refractivity contribution in [3.63, 3.8) is 0 Å². The Bertz CT molecular complexity index is 662. The van der Waals surface area contributed by atoms with Crippen molar-refractivity contribution < 1.29 is 18.1 Å². The monoisotopic (exact) mass is 282 g/mol. The van der Waals surface area contributed by atoms with Gasteiger partial charge in [0.25, 0.3) is 0 Å². The predicted molar refractivity (Wildman–Crippen MR) is 66.7 cm³/mol. The molecule has 0 unspecified atom stereocenters. The van der Waals surface area contributed by atoms with Crippen LogP contribution in [-0.2, 0) is 6.54 Å².